The molecule has 3 unspecified atom stereocenters. The first kappa shape index (κ1) is 57.5. The van der Waals surface area contributed by atoms with Crippen molar-refractivity contribution in [2.75, 3.05) is 13.2 Å². The van der Waals surface area contributed by atoms with Crippen molar-refractivity contribution in [1.82, 2.24) is 0 Å². The van der Waals surface area contributed by atoms with Gasteiger partial charge in [-0.2, -0.15) is 0 Å². The molecular weight excluding hydrogens is 819 g/mol. The number of hydrogen-bond acceptors (Lipinski definition) is 13. The highest BCUT2D eigenvalue weighted by molar-refractivity contribution is 7.47. The summed E-state index contributed by atoms with van der Waals surface area (Å²) >= 11 is 0. The molecule has 0 aromatic carbocycles. The predicted molar refractivity (Wildman–Crippen MR) is 240 cm³/mol. The smallest absolute Gasteiger partial charge is 0.462 e. The van der Waals surface area contributed by atoms with E-state index in [9.17, 15) is 49.4 Å². The molecule has 0 radical (unpaired) electrons. The van der Waals surface area contributed by atoms with Crippen molar-refractivity contribution in [3.05, 3.63) is 48.6 Å². The third kappa shape index (κ3) is 29.0. The van der Waals surface area contributed by atoms with E-state index >= 15 is 0 Å². The molecule has 0 saturated heterocycles. The number of ether oxygens (including phenoxy) is 2. The fourth-order valence-electron chi connectivity index (χ4n) is 6.77. The van der Waals surface area contributed by atoms with Gasteiger partial charge >= 0.3 is 19.8 Å². The molecule has 1 fully saturated rings. The van der Waals surface area contributed by atoms with Crippen LogP contribution in [0.2, 0.25) is 0 Å². The van der Waals surface area contributed by atoms with Gasteiger partial charge in [-0.05, 0) is 70.3 Å². The van der Waals surface area contributed by atoms with Crippen molar-refractivity contribution in [2.45, 2.75) is 217 Å². The molecule has 62 heavy (non-hydrogen) atoms. The summed E-state index contributed by atoms with van der Waals surface area (Å²) < 4.78 is 33.5. The van der Waals surface area contributed by atoms with Gasteiger partial charge in [0.05, 0.1) is 6.61 Å². The van der Waals surface area contributed by atoms with Crippen LogP contribution in [0.4, 0.5) is 0 Å². The van der Waals surface area contributed by atoms with Gasteiger partial charge in [-0.25, -0.2) is 4.57 Å². The molecule has 358 valence electrons. The Bertz CT molecular complexity index is 1330. The molecule has 0 aromatic rings. The zero-order valence-corrected chi connectivity index (χ0v) is 38.5. The van der Waals surface area contributed by atoms with Gasteiger partial charge in [0.1, 0.15) is 43.2 Å². The summed E-state index contributed by atoms with van der Waals surface area (Å²) in [7, 11) is -5.14. The lowest BCUT2D eigenvalue weighted by molar-refractivity contribution is -0.220. The molecule has 0 amide bonds. The second kappa shape index (κ2) is 36.8. The van der Waals surface area contributed by atoms with E-state index in [0.717, 1.165) is 109 Å². The highest BCUT2D eigenvalue weighted by Crippen LogP contribution is 2.47. The molecule has 0 spiro atoms. The maximum absolute atomic E-state index is 12.8. The summed E-state index contributed by atoms with van der Waals surface area (Å²) in [5, 5.41) is 50.1. The van der Waals surface area contributed by atoms with E-state index in [1.165, 1.54) is 19.3 Å². The van der Waals surface area contributed by atoms with E-state index in [0.29, 0.717) is 19.3 Å². The van der Waals surface area contributed by atoms with Crippen LogP contribution in [0, 0.1) is 0 Å². The van der Waals surface area contributed by atoms with Gasteiger partial charge in [-0.1, -0.05) is 133 Å². The summed E-state index contributed by atoms with van der Waals surface area (Å²) in [6, 6.07) is 0. The summed E-state index contributed by atoms with van der Waals surface area (Å²) in [5.41, 5.74) is 0. The molecular formula is C47H81O14P. The van der Waals surface area contributed by atoms with Gasteiger partial charge in [0.25, 0.3) is 0 Å². The second-order valence-corrected chi connectivity index (χ2v) is 17.7. The quantitative estimate of drug-likeness (QED) is 0.00855. The number of carbonyl (C=O) groups is 3. The lowest BCUT2D eigenvalue weighted by atomic mass is 9.85. The fourth-order valence-corrected chi connectivity index (χ4v) is 7.74. The van der Waals surface area contributed by atoms with E-state index in [2.05, 4.69) is 38.2 Å². The molecule has 0 heterocycles. The normalized spacial score (nSPS) is 22.2. The Morgan fingerprint density at radius 3 is 1.60 bits per heavy atom. The number of allylic oxidation sites excluding steroid dienone is 8. The van der Waals surface area contributed by atoms with Crippen LogP contribution < -0.4 is 0 Å². The van der Waals surface area contributed by atoms with E-state index < -0.39 is 75.7 Å². The third-order valence-electron chi connectivity index (χ3n) is 10.6. The lowest BCUT2D eigenvalue weighted by Crippen LogP contribution is -2.64. The van der Waals surface area contributed by atoms with Crippen LogP contribution in [0.1, 0.15) is 174 Å². The van der Waals surface area contributed by atoms with Crippen molar-refractivity contribution >= 4 is 25.5 Å². The van der Waals surface area contributed by atoms with Gasteiger partial charge in [0.2, 0.25) is 0 Å². The van der Waals surface area contributed by atoms with Crippen LogP contribution in [-0.2, 0) is 37.5 Å². The van der Waals surface area contributed by atoms with Crippen molar-refractivity contribution in [2.24, 2.45) is 0 Å². The Hall–Kier alpha value is -2.52. The Kier molecular flexibility index (Phi) is 34.1. The van der Waals surface area contributed by atoms with Gasteiger partial charge in [-0.15, -0.1) is 0 Å². The van der Waals surface area contributed by atoms with Crippen LogP contribution in [0.15, 0.2) is 48.6 Å². The molecule has 1 aliphatic carbocycles. The summed E-state index contributed by atoms with van der Waals surface area (Å²) in [5.74, 6) is -1.03. The molecule has 1 aliphatic rings. The minimum Gasteiger partial charge on any atom is -0.462 e. The first-order valence-corrected chi connectivity index (χ1v) is 24.9. The Balaban J connectivity index is 2.49. The SMILES string of the molecule is CCCCC/C=C\C/C=C\CCCCCCCCCC(=O)O[C@H](COC(=O)CCCCCCC/C=C\C=C\C(=O)CCCCC)COP(=O)(O)OC1[C@H](O)[C@H](O)C(O)[C@H](O)[C@H]1O. The summed E-state index contributed by atoms with van der Waals surface area (Å²) in [4.78, 5) is 47.5. The molecule has 6 N–H and O–H groups in total. The minimum absolute atomic E-state index is 0.0689. The molecule has 1 rings (SSSR count). The second-order valence-electron chi connectivity index (χ2n) is 16.3. The van der Waals surface area contributed by atoms with Crippen LogP contribution in [0.3, 0.4) is 0 Å². The third-order valence-corrected chi connectivity index (χ3v) is 11.6. The first-order chi connectivity index (χ1) is 29.8. The van der Waals surface area contributed by atoms with Gasteiger partial charge in [0.15, 0.2) is 11.9 Å². The van der Waals surface area contributed by atoms with Crippen molar-refractivity contribution < 1.29 is 67.9 Å². The summed E-state index contributed by atoms with van der Waals surface area (Å²) in [6.07, 6.45) is 25.6. The Morgan fingerprint density at radius 2 is 1.02 bits per heavy atom. The number of esters is 2. The van der Waals surface area contributed by atoms with E-state index in [-0.39, 0.29) is 18.6 Å². The van der Waals surface area contributed by atoms with Crippen LogP contribution in [0.5, 0.6) is 0 Å². The van der Waals surface area contributed by atoms with Gasteiger partial charge < -0.3 is 39.9 Å². The minimum atomic E-state index is -5.14. The Morgan fingerprint density at radius 1 is 0.548 bits per heavy atom. The number of phosphoric acid groups is 1. The monoisotopic (exact) mass is 901 g/mol. The topological polar surface area (TPSA) is 227 Å². The van der Waals surface area contributed by atoms with Crippen molar-refractivity contribution in [3.63, 3.8) is 0 Å². The van der Waals surface area contributed by atoms with E-state index in [4.69, 9.17) is 18.5 Å². The maximum atomic E-state index is 12.8. The number of aliphatic hydroxyl groups excluding tert-OH is 5. The molecule has 15 heteroatoms. The van der Waals surface area contributed by atoms with E-state index in [1.54, 1.807) is 12.2 Å². The zero-order chi connectivity index (χ0) is 45.9. The molecule has 8 atom stereocenters. The van der Waals surface area contributed by atoms with Gasteiger partial charge in [0, 0.05) is 19.3 Å². The van der Waals surface area contributed by atoms with Gasteiger partial charge in [-0.3, -0.25) is 23.4 Å². The molecule has 14 nitrogen and oxygen atoms in total. The van der Waals surface area contributed by atoms with E-state index in [1.807, 2.05) is 12.2 Å². The maximum Gasteiger partial charge on any atom is 0.472 e. The molecule has 0 aliphatic heterocycles. The number of ketones is 1. The average molecular weight is 901 g/mol. The van der Waals surface area contributed by atoms with Crippen molar-refractivity contribution in [1.29, 1.82) is 0 Å². The van der Waals surface area contributed by atoms with Crippen LogP contribution in [-0.4, -0.2) is 104 Å². The predicted octanol–water partition coefficient (Wildman–Crippen LogP) is 8.35. The largest absolute Gasteiger partial charge is 0.472 e. The number of hydrogen-bond donors (Lipinski definition) is 6. The zero-order valence-electron chi connectivity index (χ0n) is 37.6. The highest BCUT2D eigenvalue weighted by atomic mass is 31.2. The number of aliphatic hydroxyl groups is 5. The molecule has 0 aromatic heterocycles. The number of rotatable bonds is 38. The van der Waals surface area contributed by atoms with Crippen molar-refractivity contribution in [3.8, 4) is 0 Å². The first-order valence-electron chi connectivity index (χ1n) is 23.4. The van der Waals surface area contributed by atoms with Crippen LogP contribution in [0.25, 0.3) is 0 Å². The van der Waals surface area contributed by atoms with Crippen LogP contribution >= 0.6 is 7.82 Å². The average Bonchev–Trinajstić information content (AvgIpc) is 3.25. The standard InChI is InChI=1S/C47H81O14P/c1-3-5-7-8-9-10-11-12-13-14-15-16-17-20-24-27-31-35-41(50)60-39(37-59-62(56,57)61-47-45(54)43(52)42(51)44(53)46(47)55)36-58-40(49)34-30-26-23-21-18-19-22-25-29-33-38(48)32-28-6-4-2/h9-10,12-13,22,25,29,33,39,42-47,51-55H,3-8,11,14-21,23-24,26-28,30-32,34-37H2,1-2H3,(H,56,57)/b10-9-,13-12-,25-22-,33-29+/t39-,42?,43-,44+,45-,46-,47?/m1/s1. The fraction of sp³-hybridized carbons (Fsp3) is 0.766. The number of phosphoric ester groups is 1. The lowest BCUT2D eigenvalue weighted by Gasteiger charge is -2.41. The number of unbranched alkanes of at least 4 members (excludes halogenated alkanes) is 17. The number of carbonyl (C=O) groups excluding carboxylic acids is 3. The Labute approximate surface area is 371 Å². The molecule has 1 saturated carbocycles. The molecule has 0 bridgehead atoms. The highest BCUT2D eigenvalue weighted by Gasteiger charge is 2.51. The summed E-state index contributed by atoms with van der Waals surface area (Å²) in [6.45, 7) is 3.08.